The zero-order valence-electron chi connectivity index (χ0n) is 19.5. The number of anilines is 2. The SMILES string of the molecule is Cc1ccc(S(=O)(=O)N(CC(=O)N/N=C\c2ccc(N(C)C)c(Br)c2)c2ccccc2C)cc1. The summed E-state index contributed by atoms with van der Waals surface area (Å²) in [5, 5.41) is 4.01. The van der Waals surface area contributed by atoms with Crippen LogP contribution in [0.2, 0.25) is 0 Å². The van der Waals surface area contributed by atoms with Crippen LogP contribution < -0.4 is 14.6 Å². The molecule has 0 atom stereocenters. The number of aryl methyl sites for hydroxylation is 2. The van der Waals surface area contributed by atoms with Gasteiger partial charge in [0.1, 0.15) is 6.54 Å². The Balaban J connectivity index is 1.82. The number of sulfonamides is 1. The van der Waals surface area contributed by atoms with Crippen molar-refractivity contribution in [2.45, 2.75) is 18.7 Å². The highest BCUT2D eigenvalue weighted by atomic mass is 79.9. The molecule has 0 heterocycles. The summed E-state index contributed by atoms with van der Waals surface area (Å²) in [6.45, 7) is 3.27. The number of hydrogen-bond acceptors (Lipinski definition) is 5. The third kappa shape index (κ3) is 6.03. The smallest absolute Gasteiger partial charge is 0.264 e. The molecular weight excluding hydrogens is 516 g/mol. The summed E-state index contributed by atoms with van der Waals surface area (Å²) in [6, 6.07) is 19.3. The van der Waals surface area contributed by atoms with Crippen molar-refractivity contribution >= 4 is 49.4 Å². The van der Waals surface area contributed by atoms with Gasteiger partial charge in [0.15, 0.2) is 0 Å². The van der Waals surface area contributed by atoms with E-state index in [9.17, 15) is 13.2 Å². The van der Waals surface area contributed by atoms with Crippen molar-refractivity contribution in [3.63, 3.8) is 0 Å². The molecule has 1 N–H and O–H groups in total. The first-order valence-corrected chi connectivity index (χ1v) is 12.8. The van der Waals surface area contributed by atoms with Crippen LogP contribution in [-0.4, -0.2) is 41.2 Å². The van der Waals surface area contributed by atoms with Gasteiger partial charge in [-0.25, -0.2) is 13.8 Å². The van der Waals surface area contributed by atoms with Gasteiger partial charge in [-0.05, 0) is 71.2 Å². The molecule has 0 bridgehead atoms. The molecule has 0 spiro atoms. The second-order valence-corrected chi connectivity index (χ2v) is 10.7. The number of hydrogen-bond donors (Lipinski definition) is 1. The van der Waals surface area contributed by atoms with E-state index in [1.165, 1.54) is 6.21 Å². The molecule has 0 aliphatic carbocycles. The summed E-state index contributed by atoms with van der Waals surface area (Å²) in [6.07, 6.45) is 1.51. The summed E-state index contributed by atoms with van der Waals surface area (Å²) >= 11 is 3.52. The van der Waals surface area contributed by atoms with E-state index >= 15 is 0 Å². The summed E-state index contributed by atoms with van der Waals surface area (Å²) in [5.41, 5.74) is 6.34. The summed E-state index contributed by atoms with van der Waals surface area (Å²) in [4.78, 5) is 14.8. The number of carbonyl (C=O) groups is 1. The molecule has 0 saturated heterocycles. The van der Waals surface area contributed by atoms with Crippen LogP contribution in [0.1, 0.15) is 16.7 Å². The first-order chi connectivity index (χ1) is 16.1. The van der Waals surface area contributed by atoms with Gasteiger partial charge in [0, 0.05) is 18.6 Å². The fourth-order valence-electron chi connectivity index (χ4n) is 3.29. The van der Waals surface area contributed by atoms with Gasteiger partial charge in [0.2, 0.25) is 0 Å². The van der Waals surface area contributed by atoms with Crippen LogP contribution in [0.15, 0.2) is 81.2 Å². The molecule has 0 aliphatic rings. The third-order valence-electron chi connectivity index (χ3n) is 5.14. The first-order valence-electron chi connectivity index (χ1n) is 10.5. The number of para-hydroxylation sites is 1. The Kier molecular flexibility index (Phi) is 8.11. The van der Waals surface area contributed by atoms with Crippen molar-refractivity contribution in [2.24, 2.45) is 5.10 Å². The highest BCUT2D eigenvalue weighted by Gasteiger charge is 2.28. The first kappa shape index (κ1) is 25.5. The molecule has 1 amide bonds. The molecular formula is C25H27BrN4O3S. The molecule has 0 radical (unpaired) electrons. The van der Waals surface area contributed by atoms with Crippen molar-refractivity contribution in [3.05, 3.63) is 87.9 Å². The van der Waals surface area contributed by atoms with E-state index in [0.717, 1.165) is 31.2 Å². The number of nitrogens with one attached hydrogen (secondary N) is 1. The molecule has 3 aromatic carbocycles. The Hall–Kier alpha value is -3.17. The Morgan fingerprint density at radius 2 is 1.68 bits per heavy atom. The van der Waals surface area contributed by atoms with E-state index in [2.05, 4.69) is 26.5 Å². The fourth-order valence-corrected chi connectivity index (χ4v) is 5.53. The van der Waals surface area contributed by atoms with Crippen LogP contribution >= 0.6 is 15.9 Å². The van der Waals surface area contributed by atoms with Gasteiger partial charge in [-0.3, -0.25) is 9.10 Å². The number of carbonyl (C=O) groups excluding carboxylic acids is 1. The highest BCUT2D eigenvalue weighted by Crippen LogP contribution is 2.27. The second kappa shape index (κ2) is 10.8. The van der Waals surface area contributed by atoms with E-state index in [-0.39, 0.29) is 4.90 Å². The van der Waals surface area contributed by atoms with Gasteiger partial charge in [-0.1, -0.05) is 42.0 Å². The lowest BCUT2D eigenvalue weighted by Crippen LogP contribution is -2.40. The van der Waals surface area contributed by atoms with Crippen molar-refractivity contribution in [1.29, 1.82) is 0 Å². The van der Waals surface area contributed by atoms with Crippen LogP contribution in [0, 0.1) is 13.8 Å². The average molecular weight is 543 g/mol. The Labute approximate surface area is 209 Å². The Morgan fingerprint density at radius 1 is 1.00 bits per heavy atom. The molecule has 9 heteroatoms. The van der Waals surface area contributed by atoms with E-state index in [1.807, 2.05) is 50.2 Å². The van der Waals surface area contributed by atoms with Crippen LogP contribution in [0.25, 0.3) is 0 Å². The van der Waals surface area contributed by atoms with Gasteiger partial charge in [0.05, 0.1) is 22.5 Å². The minimum atomic E-state index is -3.97. The molecule has 0 fully saturated rings. The third-order valence-corrected chi connectivity index (χ3v) is 7.55. The van der Waals surface area contributed by atoms with Gasteiger partial charge in [-0.2, -0.15) is 5.10 Å². The molecule has 34 heavy (non-hydrogen) atoms. The molecule has 0 aromatic heterocycles. The molecule has 0 unspecified atom stereocenters. The number of hydrazone groups is 1. The quantitative estimate of drug-likeness (QED) is 0.336. The summed E-state index contributed by atoms with van der Waals surface area (Å²) in [7, 11) is -0.0876. The fraction of sp³-hybridized carbons (Fsp3) is 0.200. The monoisotopic (exact) mass is 542 g/mol. The van der Waals surface area contributed by atoms with Crippen molar-refractivity contribution < 1.29 is 13.2 Å². The van der Waals surface area contributed by atoms with E-state index in [4.69, 9.17) is 0 Å². The number of rotatable bonds is 8. The van der Waals surface area contributed by atoms with Crippen LogP contribution in [-0.2, 0) is 14.8 Å². The predicted molar refractivity (Wildman–Crippen MR) is 141 cm³/mol. The molecule has 3 rings (SSSR count). The zero-order chi connectivity index (χ0) is 24.9. The van der Waals surface area contributed by atoms with Crippen molar-refractivity contribution in [3.8, 4) is 0 Å². The van der Waals surface area contributed by atoms with Crippen molar-refractivity contribution in [2.75, 3.05) is 29.8 Å². The summed E-state index contributed by atoms with van der Waals surface area (Å²) in [5.74, 6) is -0.556. The minimum absolute atomic E-state index is 0.114. The lowest BCUT2D eigenvalue weighted by Gasteiger charge is -2.25. The molecule has 7 nitrogen and oxygen atoms in total. The van der Waals surface area contributed by atoms with Crippen molar-refractivity contribution in [1.82, 2.24) is 5.43 Å². The number of halogens is 1. The maximum atomic E-state index is 13.4. The topological polar surface area (TPSA) is 82.1 Å². The van der Waals surface area contributed by atoms with E-state index < -0.39 is 22.5 Å². The highest BCUT2D eigenvalue weighted by molar-refractivity contribution is 9.10. The van der Waals surface area contributed by atoms with Gasteiger partial charge in [0.25, 0.3) is 15.9 Å². The standard InChI is InChI=1S/C25H27BrN4O3S/c1-18-9-12-21(13-10-18)34(32,33)30(23-8-6-5-7-19(23)2)17-25(31)28-27-16-20-11-14-24(29(3)4)22(26)15-20/h5-16H,17H2,1-4H3,(H,28,31)/b27-16-. The maximum absolute atomic E-state index is 13.4. The number of nitrogens with zero attached hydrogens (tertiary/aromatic N) is 3. The van der Waals surface area contributed by atoms with Crippen LogP contribution in [0.5, 0.6) is 0 Å². The predicted octanol–water partition coefficient (Wildman–Crippen LogP) is 4.48. The largest absolute Gasteiger partial charge is 0.377 e. The van der Waals surface area contributed by atoms with Crippen LogP contribution in [0.4, 0.5) is 11.4 Å². The number of benzene rings is 3. The lowest BCUT2D eigenvalue weighted by atomic mass is 10.2. The Morgan fingerprint density at radius 3 is 2.29 bits per heavy atom. The van der Waals surface area contributed by atoms with E-state index in [0.29, 0.717) is 5.69 Å². The maximum Gasteiger partial charge on any atom is 0.264 e. The van der Waals surface area contributed by atoms with Gasteiger partial charge >= 0.3 is 0 Å². The molecule has 0 aliphatic heterocycles. The molecule has 178 valence electrons. The molecule has 3 aromatic rings. The second-order valence-electron chi connectivity index (χ2n) is 8.01. The lowest BCUT2D eigenvalue weighted by molar-refractivity contribution is -0.119. The minimum Gasteiger partial charge on any atom is -0.377 e. The van der Waals surface area contributed by atoms with Crippen LogP contribution in [0.3, 0.4) is 0 Å². The average Bonchev–Trinajstić information content (AvgIpc) is 2.78. The summed E-state index contributed by atoms with van der Waals surface area (Å²) < 4.78 is 28.9. The normalized spacial score (nSPS) is 11.4. The van der Waals surface area contributed by atoms with Gasteiger partial charge in [-0.15, -0.1) is 0 Å². The Bertz CT molecular complexity index is 1310. The zero-order valence-corrected chi connectivity index (χ0v) is 21.9. The number of amides is 1. The molecule has 0 saturated carbocycles. The van der Waals surface area contributed by atoms with Gasteiger partial charge < -0.3 is 4.90 Å². The van der Waals surface area contributed by atoms with E-state index in [1.54, 1.807) is 49.4 Å².